The number of anilines is 1. The number of hydrogen-bond donors (Lipinski definition) is 2. The summed E-state index contributed by atoms with van der Waals surface area (Å²) < 4.78 is 11.0. The number of hydrogen-bond acceptors (Lipinski definition) is 4. The van der Waals surface area contributed by atoms with Gasteiger partial charge in [0.25, 0.3) is 11.8 Å². The highest BCUT2D eigenvalue weighted by molar-refractivity contribution is 6.32. The highest BCUT2D eigenvalue weighted by Gasteiger charge is 2.19. The molecule has 0 saturated heterocycles. The summed E-state index contributed by atoms with van der Waals surface area (Å²) in [5, 5.41) is 6.22. The van der Waals surface area contributed by atoms with E-state index in [0.29, 0.717) is 27.8 Å². The summed E-state index contributed by atoms with van der Waals surface area (Å²) in [5.41, 5.74) is 2.50. The van der Waals surface area contributed by atoms with Crippen molar-refractivity contribution in [1.82, 2.24) is 5.32 Å². The molecule has 3 aromatic rings. The highest BCUT2D eigenvalue weighted by atomic mass is 35.5. The first-order valence-electron chi connectivity index (χ1n) is 9.49. The van der Waals surface area contributed by atoms with Crippen molar-refractivity contribution in [1.29, 1.82) is 0 Å². The number of benzene rings is 2. The number of carbonyl (C=O) groups is 2. The minimum absolute atomic E-state index is 0.253. The van der Waals surface area contributed by atoms with Gasteiger partial charge in [0.05, 0.1) is 24.1 Å². The minimum atomic E-state index is -0.774. The van der Waals surface area contributed by atoms with Crippen LogP contribution in [-0.2, 0) is 11.3 Å². The Morgan fingerprint density at radius 3 is 2.47 bits per heavy atom. The average molecular weight is 427 g/mol. The van der Waals surface area contributed by atoms with Crippen LogP contribution in [0.2, 0.25) is 5.02 Å². The molecule has 0 aliphatic heterocycles. The fraction of sp³-hybridized carbons (Fsp3) is 0.217. The molecule has 1 heterocycles. The second-order valence-electron chi connectivity index (χ2n) is 6.93. The molecule has 0 fully saturated rings. The standard InChI is InChI=1S/C23H23ClN2O4/c1-14-11-18(12-15(2)21(14)24)30-16(3)22(27)26-20-9-5-4-8-19(20)23(28)25-13-17-7-6-10-29-17/h4-12,16H,13H2,1-3H3,(H,25,28)(H,26,27)/t16-/m0/s1. The van der Waals surface area contributed by atoms with Gasteiger partial charge in [-0.3, -0.25) is 9.59 Å². The van der Waals surface area contributed by atoms with Crippen LogP contribution >= 0.6 is 11.6 Å². The summed E-state index contributed by atoms with van der Waals surface area (Å²) in [5.74, 6) is 0.508. The van der Waals surface area contributed by atoms with E-state index in [2.05, 4.69) is 10.6 Å². The van der Waals surface area contributed by atoms with Crippen molar-refractivity contribution in [2.75, 3.05) is 5.32 Å². The molecular weight excluding hydrogens is 404 g/mol. The predicted octanol–water partition coefficient (Wildman–Crippen LogP) is 4.89. The van der Waals surface area contributed by atoms with Gasteiger partial charge in [-0.15, -0.1) is 0 Å². The second kappa shape index (κ2) is 9.50. The topological polar surface area (TPSA) is 80.6 Å². The number of para-hydroxylation sites is 1. The molecule has 2 aromatic carbocycles. The van der Waals surface area contributed by atoms with Gasteiger partial charge in [-0.2, -0.15) is 0 Å². The van der Waals surface area contributed by atoms with Gasteiger partial charge in [-0.1, -0.05) is 23.7 Å². The number of rotatable bonds is 7. The number of carbonyl (C=O) groups excluding carboxylic acids is 2. The summed E-state index contributed by atoms with van der Waals surface area (Å²) in [7, 11) is 0. The molecular formula is C23H23ClN2O4. The molecule has 2 amide bonds. The largest absolute Gasteiger partial charge is 0.481 e. The van der Waals surface area contributed by atoms with Gasteiger partial charge in [0.2, 0.25) is 0 Å². The smallest absolute Gasteiger partial charge is 0.265 e. The van der Waals surface area contributed by atoms with Crippen LogP contribution in [-0.4, -0.2) is 17.9 Å². The minimum Gasteiger partial charge on any atom is -0.481 e. The van der Waals surface area contributed by atoms with Crippen molar-refractivity contribution in [2.24, 2.45) is 0 Å². The summed E-state index contributed by atoms with van der Waals surface area (Å²) in [6.45, 7) is 5.66. The molecule has 156 valence electrons. The number of amides is 2. The lowest BCUT2D eigenvalue weighted by Crippen LogP contribution is -2.31. The SMILES string of the molecule is Cc1cc(O[C@@H](C)C(=O)Nc2ccccc2C(=O)NCc2ccco2)cc(C)c1Cl. The molecule has 0 radical (unpaired) electrons. The van der Waals surface area contributed by atoms with Gasteiger partial charge in [-0.25, -0.2) is 0 Å². The quantitative estimate of drug-likeness (QED) is 0.563. The molecule has 1 aromatic heterocycles. The van der Waals surface area contributed by atoms with Crippen molar-refractivity contribution in [3.05, 3.63) is 82.3 Å². The zero-order valence-corrected chi connectivity index (χ0v) is 17.7. The van der Waals surface area contributed by atoms with Crippen LogP contribution in [0, 0.1) is 13.8 Å². The summed E-state index contributed by atoms with van der Waals surface area (Å²) in [6.07, 6.45) is 0.769. The van der Waals surface area contributed by atoms with E-state index in [1.54, 1.807) is 61.7 Å². The van der Waals surface area contributed by atoms with Crippen LogP contribution < -0.4 is 15.4 Å². The predicted molar refractivity (Wildman–Crippen MR) is 116 cm³/mol. The lowest BCUT2D eigenvalue weighted by Gasteiger charge is -2.17. The zero-order valence-electron chi connectivity index (χ0n) is 17.0. The number of furan rings is 1. The fourth-order valence-corrected chi connectivity index (χ4v) is 3.04. The number of nitrogens with one attached hydrogen (secondary N) is 2. The van der Waals surface area contributed by atoms with Crippen LogP contribution in [0.3, 0.4) is 0 Å². The fourth-order valence-electron chi connectivity index (χ4n) is 2.93. The van der Waals surface area contributed by atoms with Gasteiger partial charge < -0.3 is 19.8 Å². The lowest BCUT2D eigenvalue weighted by atomic mass is 10.1. The van der Waals surface area contributed by atoms with E-state index in [-0.39, 0.29) is 18.4 Å². The molecule has 0 aliphatic carbocycles. The Balaban J connectivity index is 1.66. The van der Waals surface area contributed by atoms with Crippen molar-refractivity contribution >= 4 is 29.1 Å². The van der Waals surface area contributed by atoms with E-state index in [0.717, 1.165) is 11.1 Å². The van der Waals surface area contributed by atoms with E-state index >= 15 is 0 Å². The average Bonchev–Trinajstić information content (AvgIpc) is 3.24. The molecule has 0 bridgehead atoms. The van der Waals surface area contributed by atoms with E-state index in [1.165, 1.54) is 0 Å². The first kappa shape index (κ1) is 21.5. The third-order valence-electron chi connectivity index (χ3n) is 4.52. The number of aryl methyl sites for hydroxylation is 2. The van der Waals surface area contributed by atoms with Crippen LogP contribution in [0.5, 0.6) is 5.75 Å². The second-order valence-corrected chi connectivity index (χ2v) is 7.31. The van der Waals surface area contributed by atoms with Crippen LogP contribution in [0.1, 0.15) is 34.2 Å². The molecule has 0 aliphatic rings. The first-order valence-corrected chi connectivity index (χ1v) is 9.87. The normalized spacial score (nSPS) is 11.6. The van der Waals surface area contributed by atoms with Crippen LogP contribution in [0.4, 0.5) is 5.69 Å². The summed E-state index contributed by atoms with van der Waals surface area (Å²) in [6, 6.07) is 13.9. The highest BCUT2D eigenvalue weighted by Crippen LogP contribution is 2.26. The van der Waals surface area contributed by atoms with E-state index in [9.17, 15) is 9.59 Å². The van der Waals surface area contributed by atoms with Gasteiger partial charge in [-0.05, 0) is 68.3 Å². The molecule has 1 atom stereocenters. The molecule has 0 unspecified atom stereocenters. The van der Waals surface area contributed by atoms with Crippen LogP contribution in [0.15, 0.2) is 59.2 Å². The Labute approximate surface area is 180 Å². The Kier molecular flexibility index (Phi) is 6.79. The lowest BCUT2D eigenvalue weighted by molar-refractivity contribution is -0.122. The maximum Gasteiger partial charge on any atom is 0.265 e. The Morgan fingerprint density at radius 1 is 1.10 bits per heavy atom. The van der Waals surface area contributed by atoms with Crippen molar-refractivity contribution in [3.63, 3.8) is 0 Å². The number of halogens is 1. The van der Waals surface area contributed by atoms with Gasteiger partial charge in [0.15, 0.2) is 6.10 Å². The van der Waals surface area contributed by atoms with Gasteiger partial charge in [0, 0.05) is 5.02 Å². The molecule has 2 N–H and O–H groups in total. The first-order chi connectivity index (χ1) is 14.3. The Hall–Kier alpha value is -3.25. The monoisotopic (exact) mass is 426 g/mol. The zero-order chi connectivity index (χ0) is 21.7. The molecule has 7 heteroatoms. The molecule has 6 nitrogen and oxygen atoms in total. The van der Waals surface area contributed by atoms with Crippen molar-refractivity contribution < 1.29 is 18.7 Å². The third kappa shape index (κ3) is 5.21. The van der Waals surface area contributed by atoms with E-state index in [1.807, 2.05) is 13.8 Å². The molecule has 0 saturated carbocycles. The summed E-state index contributed by atoms with van der Waals surface area (Å²) >= 11 is 6.18. The van der Waals surface area contributed by atoms with Crippen molar-refractivity contribution in [3.8, 4) is 5.75 Å². The van der Waals surface area contributed by atoms with E-state index < -0.39 is 6.10 Å². The maximum absolute atomic E-state index is 12.7. The van der Waals surface area contributed by atoms with E-state index in [4.69, 9.17) is 20.8 Å². The number of ether oxygens (including phenoxy) is 1. The van der Waals surface area contributed by atoms with Gasteiger partial charge >= 0.3 is 0 Å². The third-order valence-corrected chi connectivity index (χ3v) is 5.12. The Morgan fingerprint density at radius 2 is 1.80 bits per heavy atom. The molecule has 0 spiro atoms. The van der Waals surface area contributed by atoms with Gasteiger partial charge in [0.1, 0.15) is 11.5 Å². The maximum atomic E-state index is 12.7. The molecule has 30 heavy (non-hydrogen) atoms. The summed E-state index contributed by atoms with van der Waals surface area (Å²) in [4.78, 5) is 25.2. The van der Waals surface area contributed by atoms with Crippen molar-refractivity contribution in [2.45, 2.75) is 33.4 Å². The van der Waals surface area contributed by atoms with Crippen LogP contribution in [0.25, 0.3) is 0 Å². The molecule has 3 rings (SSSR count). The Bertz CT molecular complexity index is 1020.